The van der Waals surface area contributed by atoms with E-state index in [0.29, 0.717) is 6.54 Å². The molecule has 0 aromatic rings. The molecule has 0 aliphatic carbocycles. The zero-order valence-corrected chi connectivity index (χ0v) is 12.4. The van der Waals surface area contributed by atoms with Crippen LogP contribution in [0.15, 0.2) is 0 Å². The van der Waals surface area contributed by atoms with Crippen LogP contribution in [-0.4, -0.2) is 46.0 Å². The third kappa shape index (κ3) is 3.20. The number of likely N-dealkylation sites (tertiary alicyclic amines) is 1. The Hall–Kier alpha value is -1.79. The Kier molecular flexibility index (Phi) is 4.31. The molecule has 1 unspecified atom stereocenters. The second kappa shape index (κ2) is 5.30. The van der Waals surface area contributed by atoms with E-state index in [1.54, 1.807) is 0 Å². The molecule has 1 heterocycles. The molecule has 0 spiro atoms. The molecule has 114 valence electrons. The van der Waals surface area contributed by atoms with Gasteiger partial charge in [-0.05, 0) is 32.1 Å². The number of nitrogens with zero attached hydrogens (tertiary/aromatic N) is 1. The van der Waals surface area contributed by atoms with Crippen molar-refractivity contribution in [3.8, 4) is 0 Å². The number of urea groups is 1. The van der Waals surface area contributed by atoms with Crippen LogP contribution in [0.4, 0.5) is 4.79 Å². The fourth-order valence-corrected chi connectivity index (χ4v) is 2.48. The first-order valence-corrected chi connectivity index (χ1v) is 6.60. The third-order valence-corrected chi connectivity index (χ3v) is 3.80. The summed E-state index contributed by atoms with van der Waals surface area (Å²) in [5.41, 5.74) is 3.47. The van der Waals surface area contributed by atoms with E-state index in [0.717, 1.165) is 12.8 Å². The number of aliphatic carboxylic acids is 1. The highest BCUT2D eigenvalue weighted by Crippen LogP contribution is 2.35. The zero-order chi connectivity index (χ0) is 15.7. The van der Waals surface area contributed by atoms with Gasteiger partial charge in [-0.15, -0.1) is 0 Å². The van der Waals surface area contributed by atoms with Crippen molar-refractivity contribution in [3.05, 3.63) is 0 Å². The number of piperidine rings is 1. The van der Waals surface area contributed by atoms with Crippen LogP contribution in [0, 0.1) is 5.41 Å². The Labute approximate surface area is 118 Å². The summed E-state index contributed by atoms with van der Waals surface area (Å²) in [5.74, 6) is -1.71. The molecule has 0 bridgehead atoms. The predicted molar refractivity (Wildman–Crippen MR) is 72.9 cm³/mol. The van der Waals surface area contributed by atoms with Crippen LogP contribution < -0.4 is 11.1 Å². The largest absolute Gasteiger partial charge is 0.480 e. The van der Waals surface area contributed by atoms with Crippen molar-refractivity contribution < 1.29 is 19.5 Å². The number of amides is 3. The van der Waals surface area contributed by atoms with E-state index in [4.69, 9.17) is 5.73 Å². The summed E-state index contributed by atoms with van der Waals surface area (Å²) in [6.07, 6.45) is 1.45. The molecular formula is C13H23N3O4. The first-order valence-electron chi connectivity index (χ1n) is 6.60. The van der Waals surface area contributed by atoms with Crippen molar-refractivity contribution in [3.63, 3.8) is 0 Å². The summed E-state index contributed by atoms with van der Waals surface area (Å²) in [5, 5.41) is 11.9. The number of carboxylic acid groups (broad SMARTS) is 1. The monoisotopic (exact) mass is 285 g/mol. The summed E-state index contributed by atoms with van der Waals surface area (Å²) in [6.45, 7) is 6.96. The van der Waals surface area contributed by atoms with Crippen molar-refractivity contribution in [2.45, 2.75) is 52.1 Å². The van der Waals surface area contributed by atoms with E-state index in [9.17, 15) is 19.5 Å². The minimum absolute atomic E-state index is 0.348. The number of primary amides is 1. The Balaban J connectivity index is 2.95. The van der Waals surface area contributed by atoms with Gasteiger partial charge in [-0.2, -0.15) is 0 Å². The molecule has 1 aliphatic heterocycles. The van der Waals surface area contributed by atoms with Gasteiger partial charge in [0.1, 0.15) is 11.6 Å². The minimum atomic E-state index is -1.22. The van der Waals surface area contributed by atoms with Gasteiger partial charge in [-0.3, -0.25) is 4.79 Å². The number of carbonyl (C=O) groups excluding carboxylic acids is 2. The van der Waals surface area contributed by atoms with Gasteiger partial charge in [-0.1, -0.05) is 13.8 Å². The van der Waals surface area contributed by atoms with Crippen LogP contribution in [0.2, 0.25) is 0 Å². The number of hydrogen-bond acceptors (Lipinski definition) is 3. The van der Waals surface area contributed by atoms with Crippen LogP contribution >= 0.6 is 0 Å². The van der Waals surface area contributed by atoms with Gasteiger partial charge in [0.2, 0.25) is 5.91 Å². The zero-order valence-electron chi connectivity index (χ0n) is 12.4. The summed E-state index contributed by atoms with van der Waals surface area (Å²) in [4.78, 5) is 36.3. The average Bonchev–Trinajstić information content (AvgIpc) is 2.25. The maximum Gasteiger partial charge on any atom is 0.327 e. The Morgan fingerprint density at radius 3 is 2.35 bits per heavy atom. The molecule has 3 amide bonds. The van der Waals surface area contributed by atoms with E-state index >= 15 is 0 Å². The Bertz CT molecular complexity index is 431. The molecule has 0 aromatic heterocycles. The third-order valence-electron chi connectivity index (χ3n) is 3.80. The quantitative estimate of drug-likeness (QED) is 0.702. The lowest BCUT2D eigenvalue weighted by Gasteiger charge is -2.44. The summed E-state index contributed by atoms with van der Waals surface area (Å²) >= 11 is 0. The fraction of sp³-hybridized carbons (Fsp3) is 0.769. The van der Waals surface area contributed by atoms with Crippen molar-refractivity contribution in [1.29, 1.82) is 0 Å². The van der Waals surface area contributed by atoms with Crippen molar-refractivity contribution in [2.24, 2.45) is 11.1 Å². The first kappa shape index (κ1) is 16.3. The lowest BCUT2D eigenvalue weighted by atomic mass is 9.76. The van der Waals surface area contributed by atoms with Gasteiger partial charge in [0, 0.05) is 6.54 Å². The molecule has 0 aromatic carbocycles. The summed E-state index contributed by atoms with van der Waals surface area (Å²) < 4.78 is 0. The second-order valence-corrected chi connectivity index (χ2v) is 6.45. The van der Waals surface area contributed by atoms with E-state index < -0.39 is 34.9 Å². The van der Waals surface area contributed by atoms with Crippen molar-refractivity contribution in [1.82, 2.24) is 10.2 Å². The van der Waals surface area contributed by atoms with Crippen LogP contribution in [0.1, 0.15) is 40.5 Å². The van der Waals surface area contributed by atoms with Crippen LogP contribution in [0.3, 0.4) is 0 Å². The van der Waals surface area contributed by atoms with Gasteiger partial charge in [0.05, 0.1) is 0 Å². The number of carboxylic acids is 1. The molecular weight excluding hydrogens is 262 g/mol. The molecule has 20 heavy (non-hydrogen) atoms. The normalized spacial score (nSPS) is 22.2. The van der Waals surface area contributed by atoms with Gasteiger partial charge in [0.15, 0.2) is 0 Å². The van der Waals surface area contributed by atoms with Crippen LogP contribution in [-0.2, 0) is 9.59 Å². The number of carbonyl (C=O) groups is 3. The molecule has 1 fully saturated rings. The van der Waals surface area contributed by atoms with E-state index in [1.165, 1.54) is 18.7 Å². The number of nitrogens with one attached hydrogen (secondary N) is 1. The number of rotatable bonds is 3. The lowest BCUT2D eigenvalue weighted by molar-refractivity contribution is -0.148. The fourth-order valence-electron chi connectivity index (χ4n) is 2.48. The molecule has 0 saturated carbocycles. The van der Waals surface area contributed by atoms with Crippen molar-refractivity contribution >= 4 is 17.9 Å². The Morgan fingerprint density at radius 1 is 1.35 bits per heavy atom. The predicted octanol–water partition coefficient (Wildman–Crippen LogP) is 0.535. The van der Waals surface area contributed by atoms with E-state index in [-0.39, 0.29) is 0 Å². The maximum absolute atomic E-state index is 12.3. The van der Waals surface area contributed by atoms with Gasteiger partial charge < -0.3 is 21.1 Å². The number of nitrogens with two attached hydrogens (primary N) is 1. The minimum Gasteiger partial charge on any atom is -0.480 e. The summed E-state index contributed by atoms with van der Waals surface area (Å²) in [7, 11) is 0. The second-order valence-electron chi connectivity index (χ2n) is 6.45. The van der Waals surface area contributed by atoms with Gasteiger partial charge >= 0.3 is 12.0 Å². The smallest absolute Gasteiger partial charge is 0.327 e. The molecule has 1 atom stereocenters. The number of hydrogen-bond donors (Lipinski definition) is 3. The molecule has 1 rings (SSSR count). The van der Waals surface area contributed by atoms with Crippen LogP contribution in [0.5, 0.6) is 0 Å². The SMILES string of the molecule is CC(C)(NC(=O)N1CCCC(C)(C)C1C(=O)O)C(N)=O. The Morgan fingerprint density at radius 2 is 1.90 bits per heavy atom. The molecule has 7 nitrogen and oxygen atoms in total. The van der Waals surface area contributed by atoms with Crippen molar-refractivity contribution in [2.75, 3.05) is 6.54 Å². The van der Waals surface area contributed by atoms with Gasteiger partial charge in [-0.25, -0.2) is 9.59 Å². The van der Waals surface area contributed by atoms with E-state index in [1.807, 2.05) is 13.8 Å². The highest BCUT2D eigenvalue weighted by atomic mass is 16.4. The van der Waals surface area contributed by atoms with E-state index in [2.05, 4.69) is 5.32 Å². The highest BCUT2D eigenvalue weighted by Gasteiger charge is 2.45. The molecule has 4 N–H and O–H groups in total. The average molecular weight is 285 g/mol. The molecule has 0 radical (unpaired) electrons. The lowest BCUT2D eigenvalue weighted by Crippen LogP contribution is -2.63. The highest BCUT2D eigenvalue weighted by molar-refractivity contribution is 5.90. The maximum atomic E-state index is 12.3. The standard InChI is InChI=1S/C13H23N3O4/c1-12(2)6-5-7-16(8(12)9(17)18)11(20)15-13(3,4)10(14)19/h8H,5-7H2,1-4H3,(H2,14,19)(H,15,20)(H,17,18). The van der Waals surface area contributed by atoms with Crippen LogP contribution in [0.25, 0.3) is 0 Å². The topological polar surface area (TPSA) is 113 Å². The molecule has 7 heteroatoms. The molecule has 1 aliphatic rings. The molecule has 1 saturated heterocycles. The first-order chi connectivity index (χ1) is 8.99. The van der Waals surface area contributed by atoms with Gasteiger partial charge in [0.25, 0.3) is 0 Å². The summed E-state index contributed by atoms with van der Waals surface area (Å²) in [6, 6.07) is -1.49.